The van der Waals surface area contributed by atoms with E-state index in [2.05, 4.69) is 0 Å². The molecule has 0 saturated carbocycles. The second kappa shape index (κ2) is 6.05. The second-order valence-corrected chi connectivity index (χ2v) is 4.40. The van der Waals surface area contributed by atoms with E-state index in [0.717, 1.165) is 6.07 Å². The van der Waals surface area contributed by atoms with Crippen LogP contribution in [0.15, 0.2) is 12.1 Å². The summed E-state index contributed by atoms with van der Waals surface area (Å²) in [7, 11) is 0. The van der Waals surface area contributed by atoms with Crippen molar-refractivity contribution in [2.45, 2.75) is 6.92 Å². The van der Waals surface area contributed by atoms with Crippen molar-refractivity contribution in [1.82, 2.24) is 0 Å². The fourth-order valence-corrected chi connectivity index (χ4v) is 1.37. The molecule has 1 N–H and O–H groups in total. The molecule has 0 radical (unpaired) electrons. The average Bonchev–Trinajstić information content (AvgIpc) is 2.29. The molecule has 0 aliphatic heterocycles. The third kappa shape index (κ3) is 3.73. The fourth-order valence-electron chi connectivity index (χ4n) is 1.06. The van der Waals surface area contributed by atoms with E-state index in [4.69, 9.17) is 33.0 Å². The Morgan fingerprint density at radius 3 is 2.59 bits per heavy atom. The van der Waals surface area contributed by atoms with E-state index >= 15 is 0 Å². The summed E-state index contributed by atoms with van der Waals surface area (Å²) in [5.41, 5.74) is -0.246. The minimum atomic E-state index is -0.596. The van der Waals surface area contributed by atoms with Gasteiger partial charge < -0.3 is 9.84 Å². The molecule has 0 saturated heterocycles. The first kappa shape index (κ1) is 14.0. The number of hydrogen-bond acceptors (Lipinski definition) is 4. The first-order valence-corrected chi connectivity index (χ1v) is 5.58. The SMILES string of the molecule is CC(CO)COc1cc(Cl)c(Cl)cc1[N+](=O)[O-]. The highest BCUT2D eigenvalue weighted by Gasteiger charge is 2.18. The van der Waals surface area contributed by atoms with Crippen molar-refractivity contribution >= 4 is 28.9 Å². The van der Waals surface area contributed by atoms with Gasteiger partial charge in [-0.1, -0.05) is 30.1 Å². The van der Waals surface area contributed by atoms with Crippen LogP contribution in [0.5, 0.6) is 5.75 Å². The zero-order valence-corrected chi connectivity index (χ0v) is 10.5. The minimum absolute atomic E-state index is 0.0460. The molecule has 0 heterocycles. The van der Waals surface area contributed by atoms with E-state index in [1.54, 1.807) is 6.92 Å². The number of ether oxygens (including phenoxy) is 1. The molecule has 1 aromatic rings. The summed E-state index contributed by atoms with van der Waals surface area (Å²) < 4.78 is 5.24. The van der Waals surface area contributed by atoms with E-state index in [-0.39, 0.29) is 40.6 Å². The summed E-state index contributed by atoms with van der Waals surface area (Å²) in [6.07, 6.45) is 0. The topological polar surface area (TPSA) is 72.6 Å². The van der Waals surface area contributed by atoms with Gasteiger partial charge in [-0.2, -0.15) is 0 Å². The Morgan fingerprint density at radius 1 is 1.47 bits per heavy atom. The highest BCUT2D eigenvalue weighted by molar-refractivity contribution is 6.42. The molecule has 1 aromatic carbocycles. The highest BCUT2D eigenvalue weighted by Crippen LogP contribution is 2.35. The molecule has 0 amide bonds. The number of hydrogen-bond donors (Lipinski definition) is 1. The number of nitro groups is 1. The van der Waals surface area contributed by atoms with E-state index in [9.17, 15) is 10.1 Å². The highest BCUT2D eigenvalue weighted by atomic mass is 35.5. The maximum atomic E-state index is 10.8. The summed E-state index contributed by atoms with van der Waals surface area (Å²) in [5, 5.41) is 19.9. The molecule has 0 fully saturated rings. The lowest BCUT2D eigenvalue weighted by atomic mass is 10.2. The number of nitro benzene ring substituents is 1. The van der Waals surface area contributed by atoms with Crippen LogP contribution in [0, 0.1) is 16.0 Å². The van der Waals surface area contributed by atoms with Gasteiger partial charge in [0.25, 0.3) is 0 Å². The fraction of sp³-hybridized carbons (Fsp3) is 0.400. The summed E-state index contributed by atoms with van der Waals surface area (Å²) in [6.45, 7) is 1.85. The maximum absolute atomic E-state index is 10.8. The van der Waals surface area contributed by atoms with Crippen LogP contribution >= 0.6 is 23.2 Å². The summed E-state index contributed by atoms with van der Waals surface area (Å²) >= 11 is 11.4. The van der Waals surface area contributed by atoms with Crippen LogP contribution in [-0.2, 0) is 0 Å². The van der Waals surface area contributed by atoms with Crippen LogP contribution in [0.1, 0.15) is 6.92 Å². The van der Waals surface area contributed by atoms with Crippen LogP contribution in [0.3, 0.4) is 0 Å². The lowest BCUT2D eigenvalue weighted by Gasteiger charge is -2.11. The third-order valence-corrected chi connectivity index (χ3v) is 2.76. The standard InChI is InChI=1S/C10H11Cl2NO4/c1-6(4-14)5-17-10-3-8(12)7(11)2-9(10)13(15)16/h2-3,6,14H,4-5H2,1H3. The van der Waals surface area contributed by atoms with Gasteiger partial charge in [0.2, 0.25) is 0 Å². The van der Waals surface area contributed by atoms with Gasteiger partial charge in [0, 0.05) is 24.7 Å². The Morgan fingerprint density at radius 2 is 2.06 bits per heavy atom. The van der Waals surface area contributed by atoms with Crippen molar-refractivity contribution < 1.29 is 14.8 Å². The summed E-state index contributed by atoms with van der Waals surface area (Å²) in [4.78, 5) is 10.2. The third-order valence-electron chi connectivity index (χ3n) is 2.03. The molecule has 0 bridgehead atoms. The van der Waals surface area contributed by atoms with Gasteiger partial charge in [-0.25, -0.2) is 0 Å². The Bertz CT molecular complexity index is 425. The quantitative estimate of drug-likeness (QED) is 0.664. The second-order valence-electron chi connectivity index (χ2n) is 3.59. The molecular weight excluding hydrogens is 269 g/mol. The van der Waals surface area contributed by atoms with Crippen LogP contribution in [0.25, 0.3) is 0 Å². The predicted octanol–water partition coefficient (Wildman–Crippen LogP) is 2.91. The van der Waals surface area contributed by atoms with E-state index in [1.807, 2.05) is 0 Å². The monoisotopic (exact) mass is 279 g/mol. The van der Waals surface area contributed by atoms with Gasteiger partial charge in [0.05, 0.1) is 21.6 Å². The summed E-state index contributed by atoms with van der Waals surface area (Å²) in [6, 6.07) is 2.44. The lowest BCUT2D eigenvalue weighted by Crippen LogP contribution is -2.12. The molecular formula is C10H11Cl2NO4. The molecule has 0 spiro atoms. The van der Waals surface area contributed by atoms with E-state index in [1.165, 1.54) is 6.07 Å². The number of aliphatic hydroxyl groups excluding tert-OH is 1. The van der Waals surface area contributed by atoms with Crippen LogP contribution < -0.4 is 4.74 Å². The van der Waals surface area contributed by atoms with E-state index in [0.29, 0.717) is 0 Å². The number of nitrogens with zero attached hydrogens (tertiary/aromatic N) is 1. The number of rotatable bonds is 5. The average molecular weight is 280 g/mol. The van der Waals surface area contributed by atoms with Crippen LogP contribution in [0.4, 0.5) is 5.69 Å². The predicted molar refractivity (Wildman–Crippen MR) is 64.9 cm³/mol. The Labute approximate surface area is 108 Å². The van der Waals surface area contributed by atoms with Gasteiger partial charge in [0.15, 0.2) is 5.75 Å². The Balaban J connectivity index is 2.96. The molecule has 1 unspecified atom stereocenters. The van der Waals surface area contributed by atoms with Crippen LogP contribution in [-0.4, -0.2) is 23.2 Å². The van der Waals surface area contributed by atoms with E-state index < -0.39 is 4.92 Å². The lowest BCUT2D eigenvalue weighted by molar-refractivity contribution is -0.385. The number of halogens is 2. The molecule has 5 nitrogen and oxygen atoms in total. The minimum Gasteiger partial charge on any atom is -0.486 e. The van der Waals surface area contributed by atoms with Crippen molar-refractivity contribution in [3.05, 3.63) is 32.3 Å². The first-order chi connectivity index (χ1) is 7.95. The number of aliphatic hydroxyl groups is 1. The molecule has 7 heteroatoms. The van der Waals surface area contributed by atoms with Gasteiger partial charge in [0.1, 0.15) is 0 Å². The largest absolute Gasteiger partial charge is 0.486 e. The van der Waals surface area contributed by atoms with Crippen molar-refractivity contribution in [3.8, 4) is 5.75 Å². The molecule has 0 aliphatic carbocycles. The van der Waals surface area contributed by atoms with Gasteiger partial charge >= 0.3 is 5.69 Å². The smallest absolute Gasteiger partial charge is 0.312 e. The van der Waals surface area contributed by atoms with Gasteiger partial charge in [-0.3, -0.25) is 10.1 Å². The molecule has 1 rings (SSSR count). The molecule has 0 aromatic heterocycles. The van der Waals surface area contributed by atoms with Gasteiger partial charge in [-0.15, -0.1) is 0 Å². The molecule has 1 atom stereocenters. The van der Waals surface area contributed by atoms with Crippen molar-refractivity contribution in [2.24, 2.45) is 5.92 Å². The molecule has 0 aliphatic rings. The van der Waals surface area contributed by atoms with Crippen LogP contribution in [0.2, 0.25) is 10.0 Å². The van der Waals surface area contributed by atoms with Crippen molar-refractivity contribution in [2.75, 3.05) is 13.2 Å². The zero-order chi connectivity index (χ0) is 13.0. The maximum Gasteiger partial charge on any atom is 0.312 e. The molecule has 94 valence electrons. The van der Waals surface area contributed by atoms with Crippen molar-refractivity contribution in [1.29, 1.82) is 0 Å². The first-order valence-electron chi connectivity index (χ1n) is 4.82. The van der Waals surface area contributed by atoms with Gasteiger partial charge in [-0.05, 0) is 0 Å². The Hall–Kier alpha value is -1.04. The summed E-state index contributed by atoms with van der Waals surface area (Å²) in [5.74, 6) is -0.0752. The van der Waals surface area contributed by atoms with Crippen molar-refractivity contribution in [3.63, 3.8) is 0 Å². The normalized spacial score (nSPS) is 12.2. The Kier molecular flexibility index (Phi) is 4.99. The zero-order valence-electron chi connectivity index (χ0n) is 9.02. The molecule has 17 heavy (non-hydrogen) atoms. The number of benzene rings is 1.